The van der Waals surface area contributed by atoms with E-state index in [-0.39, 0.29) is 11.5 Å². The number of hydrogen-bond donors (Lipinski definition) is 2. The Morgan fingerprint density at radius 1 is 1.53 bits per heavy atom. The van der Waals surface area contributed by atoms with Crippen LogP contribution < -0.4 is 0 Å². The van der Waals surface area contributed by atoms with Gasteiger partial charge in [-0.05, 0) is 6.07 Å². The number of aliphatic hydroxyl groups is 2. The summed E-state index contributed by atoms with van der Waals surface area (Å²) in [5.74, 6) is -0.183. The number of nitrogens with zero attached hydrogens (tertiary/aromatic N) is 2. The van der Waals surface area contributed by atoms with Gasteiger partial charge >= 0.3 is 0 Å². The topological polar surface area (TPSA) is 94.2 Å². The second-order valence-corrected chi connectivity index (χ2v) is 3.05. The average molecular weight is 206 g/mol. The van der Waals surface area contributed by atoms with Crippen LogP contribution in [0.2, 0.25) is 0 Å². The molecule has 1 aromatic rings. The maximum Gasteiger partial charge on any atom is 0.178 e. The van der Waals surface area contributed by atoms with Crippen molar-refractivity contribution in [3.05, 3.63) is 29.6 Å². The minimum absolute atomic E-state index is 0.183. The molecule has 0 amide bonds. The summed E-state index contributed by atoms with van der Waals surface area (Å²) in [5, 5.41) is 26.8. The zero-order chi connectivity index (χ0) is 11.4. The van der Waals surface area contributed by atoms with Crippen LogP contribution in [0.1, 0.15) is 29.1 Å². The summed E-state index contributed by atoms with van der Waals surface area (Å²) in [6.45, 7) is 1.38. The molecular formula is C10H10N2O3. The van der Waals surface area contributed by atoms with Crippen LogP contribution in [0, 0.1) is 11.3 Å². The Hall–Kier alpha value is -1.77. The molecule has 5 heteroatoms. The lowest BCUT2D eigenvalue weighted by Gasteiger charge is -2.11. The van der Waals surface area contributed by atoms with Crippen molar-refractivity contribution >= 4 is 5.78 Å². The summed E-state index contributed by atoms with van der Waals surface area (Å²) in [5.41, 5.74) is 0.575. The van der Waals surface area contributed by atoms with Crippen molar-refractivity contribution in [2.45, 2.75) is 19.1 Å². The van der Waals surface area contributed by atoms with Gasteiger partial charge in [-0.1, -0.05) is 6.07 Å². The van der Waals surface area contributed by atoms with Gasteiger partial charge in [0.25, 0.3) is 0 Å². The predicted octanol–water partition coefficient (Wildman–Crippen LogP) is 0.202. The molecule has 5 nitrogen and oxygen atoms in total. The molecule has 1 heterocycles. The third-order valence-corrected chi connectivity index (χ3v) is 1.92. The van der Waals surface area contributed by atoms with Crippen molar-refractivity contribution in [3.63, 3.8) is 0 Å². The maximum absolute atomic E-state index is 10.9. The van der Waals surface area contributed by atoms with Gasteiger partial charge in [0.1, 0.15) is 11.8 Å². The van der Waals surface area contributed by atoms with Crippen LogP contribution in [-0.2, 0) is 0 Å². The standard InChI is InChI=1S/C10H10N2O3/c1-6(13)8-3-2-7(5-12-8)10(15)9(14)4-11/h2-3,5,9-10,14-15H,1H3. The van der Waals surface area contributed by atoms with Gasteiger partial charge in [0.05, 0.1) is 6.07 Å². The van der Waals surface area contributed by atoms with Crippen molar-refractivity contribution in [2.75, 3.05) is 0 Å². The Labute approximate surface area is 86.6 Å². The summed E-state index contributed by atoms with van der Waals surface area (Å²) < 4.78 is 0. The fraction of sp³-hybridized carbons (Fsp3) is 0.300. The molecule has 0 bridgehead atoms. The lowest BCUT2D eigenvalue weighted by Crippen LogP contribution is -2.16. The largest absolute Gasteiger partial charge is 0.384 e. The zero-order valence-electron chi connectivity index (χ0n) is 8.08. The molecule has 15 heavy (non-hydrogen) atoms. The van der Waals surface area contributed by atoms with Gasteiger partial charge in [-0.15, -0.1) is 0 Å². The highest BCUT2D eigenvalue weighted by Crippen LogP contribution is 2.15. The normalized spacial score (nSPS) is 14.0. The van der Waals surface area contributed by atoms with Crippen LogP contribution in [0.25, 0.3) is 0 Å². The average Bonchev–Trinajstić information content (AvgIpc) is 2.27. The molecule has 1 rings (SSSR count). The van der Waals surface area contributed by atoms with E-state index in [0.717, 1.165) is 0 Å². The SMILES string of the molecule is CC(=O)c1ccc(C(O)C(O)C#N)cn1. The molecule has 0 spiro atoms. The molecule has 0 aromatic carbocycles. The highest BCUT2D eigenvalue weighted by molar-refractivity contribution is 5.91. The van der Waals surface area contributed by atoms with Crippen molar-refractivity contribution in [1.82, 2.24) is 4.98 Å². The number of ketones is 1. The van der Waals surface area contributed by atoms with Gasteiger partial charge in [0.15, 0.2) is 11.9 Å². The van der Waals surface area contributed by atoms with E-state index in [0.29, 0.717) is 5.56 Å². The van der Waals surface area contributed by atoms with E-state index in [1.54, 1.807) is 0 Å². The first kappa shape index (κ1) is 11.3. The van der Waals surface area contributed by atoms with E-state index in [1.807, 2.05) is 0 Å². The molecule has 0 fully saturated rings. The second kappa shape index (κ2) is 4.64. The Morgan fingerprint density at radius 2 is 2.20 bits per heavy atom. The minimum Gasteiger partial charge on any atom is -0.384 e. The Bertz CT molecular complexity index is 394. The van der Waals surface area contributed by atoms with E-state index in [2.05, 4.69) is 4.98 Å². The number of rotatable bonds is 3. The smallest absolute Gasteiger partial charge is 0.178 e. The first-order valence-corrected chi connectivity index (χ1v) is 4.29. The van der Waals surface area contributed by atoms with Gasteiger partial charge in [-0.25, -0.2) is 0 Å². The number of carbonyl (C=O) groups excluding carboxylic acids is 1. The van der Waals surface area contributed by atoms with Crippen LogP contribution >= 0.6 is 0 Å². The summed E-state index contributed by atoms with van der Waals surface area (Å²) in [7, 11) is 0. The molecule has 0 saturated heterocycles. The van der Waals surface area contributed by atoms with Gasteiger partial charge in [-0.2, -0.15) is 5.26 Å². The van der Waals surface area contributed by atoms with Gasteiger partial charge in [0, 0.05) is 18.7 Å². The number of aliphatic hydroxyl groups excluding tert-OH is 2. The van der Waals surface area contributed by atoms with E-state index in [1.165, 1.54) is 31.3 Å². The fourth-order valence-corrected chi connectivity index (χ4v) is 1.04. The summed E-state index contributed by atoms with van der Waals surface area (Å²) >= 11 is 0. The number of aromatic nitrogens is 1. The molecule has 0 aliphatic carbocycles. The molecule has 78 valence electrons. The molecule has 1 aromatic heterocycles. The van der Waals surface area contributed by atoms with Crippen LogP contribution in [0.4, 0.5) is 0 Å². The summed E-state index contributed by atoms with van der Waals surface area (Å²) in [4.78, 5) is 14.7. The zero-order valence-corrected chi connectivity index (χ0v) is 8.08. The quantitative estimate of drug-likeness (QED) is 0.544. The van der Waals surface area contributed by atoms with Gasteiger partial charge in [0.2, 0.25) is 0 Å². The van der Waals surface area contributed by atoms with Crippen molar-refractivity contribution < 1.29 is 15.0 Å². The molecule has 2 unspecified atom stereocenters. The highest BCUT2D eigenvalue weighted by Gasteiger charge is 2.17. The summed E-state index contributed by atoms with van der Waals surface area (Å²) in [6, 6.07) is 4.40. The molecule has 0 aliphatic heterocycles. The minimum atomic E-state index is -1.49. The van der Waals surface area contributed by atoms with E-state index >= 15 is 0 Å². The molecule has 0 radical (unpaired) electrons. The fourth-order valence-electron chi connectivity index (χ4n) is 1.04. The molecule has 2 N–H and O–H groups in total. The molecule has 2 atom stereocenters. The van der Waals surface area contributed by atoms with E-state index in [9.17, 15) is 9.90 Å². The third kappa shape index (κ3) is 2.59. The number of hydrogen-bond acceptors (Lipinski definition) is 5. The number of pyridine rings is 1. The number of carbonyl (C=O) groups is 1. The number of nitriles is 1. The second-order valence-electron chi connectivity index (χ2n) is 3.05. The van der Waals surface area contributed by atoms with E-state index < -0.39 is 12.2 Å². The van der Waals surface area contributed by atoms with E-state index in [4.69, 9.17) is 10.4 Å². The molecule has 0 aliphatic rings. The number of Topliss-reactive ketones (excluding diaryl/α,β-unsaturated/α-hetero) is 1. The van der Waals surface area contributed by atoms with Crippen molar-refractivity contribution in [1.29, 1.82) is 5.26 Å². The highest BCUT2D eigenvalue weighted by atomic mass is 16.3. The Kier molecular flexibility index (Phi) is 3.50. The third-order valence-electron chi connectivity index (χ3n) is 1.92. The van der Waals surface area contributed by atoms with Gasteiger partial charge in [-0.3, -0.25) is 9.78 Å². The van der Waals surface area contributed by atoms with Crippen LogP contribution in [0.15, 0.2) is 18.3 Å². The lowest BCUT2D eigenvalue weighted by atomic mass is 10.1. The van der Waals surface area contributed by atoms with Gasteiger partial charge < -0.3 is 10.2 Å². The molecular weight excluding hydrogens is 196 g/mol. The first-order chi connectivity index (χ1) is 7.06. The summed E-state index contributed by atoms with van der Waals surface area (Å²) in [6.07, 6.45) is -1.53. The van der Waals surface area contributed by atoms with Crippen molar-refractivity contribution in [3.8, 4) is 6.07 Å². The lowest BCUT2D eigenvalue weighted by molar-refractivity contribution is 0.0525. The van der Waals surface area contributed by atoms with Crippen LogP contribution in [0.3, 0.4) is 0 Å². The van der Waals surface area contributed by atoms with Crippen molar-refractivity contribution in [2.24, 2.45) is 0 Å². The first-order valence-electron chi connectivity index (χ1n) is 4.29. The van der Waals surface area contributed by atoms with Crippen LogP contribution in [0.5, 0.6) is 0 Å². The van der Waals surface area contributed by atoms with Crippen LogP contribution in [-0.4, -0.2) is 27.1 Å². The predicted molar refractivity (Wildman–Crippen MR) is 50.8 cm³/mol. The molecule has 0 saturated carbocycles. The Balaban J connectivity index is 2.90. The maximum atomic E-state index is 10.9. The Morgan fingerprint density at radius 3 is 2.60 bits per heavy atom. The monoisotopic (exact) mass is 206 g/mol.